The lowest BCUT2D eigenvalue weighted by atomic mass is 10.1. The van der Waals surface area contributed by atoms with Crippen molar-refractivity contribution in [2.75, 3.05) is 5.33 Å². The second-order valence-corrected chi connectivity index (χ2v) is 4.11. The molecule has 0 aliphatic rings. The van der Waals surface area contributed by atoms with Gasteiger partial charge in [-0.05, 0) is 26.3 Å². The lowest BCUT2D eigenvalue weighted by Crippen LogP contribution is -1.82. The summed E-state index contributed by atoms with van der Waals surface area (Å²) in [5.41, 5.74) is 5.31. The van der Waals surface area contributed by atoms with Gasteiger partial charge in [-0.15, -0.1) is 0 Å². The van der Waals surface area contributed by atoms with Crippen LogP contribution in [0.3, 0.4) is 0 Å². The van der Waals surface area contributed by atoms with E-state index in [4.69, 9.17) is 0 Å². The molecule has 0 spiro atoms. The quantitative estimate of drug-likeness (QED) is 0.681. The molecular formula is C12H15Br. The van der Waals surface area contributed by atoms with Crippen molar-refractivity contribution in [2.24, 2.45) is 0 Å². The maximum atomic E-state index is 3.44. The monoisotopic (exact) mass is 238 g/mol. The molecule has 0 N–H and O–H groups in total. The number of hydrogen-bond acceptors (Lipinski definition) is 0. The zero-order valence-corrected chi connectivity index (χ0v) is 9.98. The van der Waals surface area contributed by atoms with Crippen LogP contribution in [0.1, 0.15) is 23.6 Å². The first kappa shape index (κ1) is 10.5. The van der Waals surface area contributed by atoms with Gasteiger partial charge in [0.05, 0.1) is 0 Å². The molecule has 0 heterocycles. The van der Waals surface area contributed by atoms with E-state index in [0.717, 1.165) is 5.33 Å². The van der Waals surface area contributed by atoms with Gasteiger partial charge >= 0.3 is 0 Å². The number of benzene rings is 1. The molecule has 1 aromatic carbocycles. The molecule has 0 aliphatic heterocycles. The third-order valence-electron chi connectivity index (χ3n) is 1.87. The summed E-state index contributed by atoms with van der Waals surface area (Å²) in [5.74, 6) is 0. The summed E-state index contributed by atoms with van der Waals surface area (Å²) in [6.07, 6.45) is 2.22. The SMILES string of the molecule is C/C(=C/c1cc(C)cc(C)c1)CBr. The van der Waals surface area contributed by atoms with Crippen molar-refractivity contribution in [1.82, 2.24) is 0 Å². The van der Waals surface area contributed by atoms with Crippen LogP contribution in [0.15, 0.2) is 23.8 Å². The van der Waals surface area contributed by atoms with Crippen LogP contribution >= 0.6 is 15.9 Å². The Morgan fingerprint density at radius 1 is 1.23 bits per heavy atom. The summed E-state index contributed by atoms with van der Waals surface area (Å²) in [4.78, 5) is 0. The number of halogens is 1. The highest BCUT2D eigenvalue weighted by atomic mass is 79.9. The van der Waals surface area contributed by atoms with Crippen molar-refractivity contribution in [2.45, 2.75) is 20.8 Å². The van der Waals surface area contributed by atoms with Crippen molar-refractivity contribution in [3.05, 3.63) is 40.5 Å². The summed E-state index contributed by atoms with van der Waals surface area (Å²) < 4.78 is 0. The predicted molar refractivity (Wildman–Crippen MR) is 63.4 cm³/mol. The van der Waals surface area contributed by atoms with E-state index in [-0.39, 0.29) is 0 Å². The summed E-state index contributed by atoms with van der Waals surface area (Å²) in [6, 6.07) is 6.61. The first-order chi connectivity index (χ1) is 6.11. The second-order valence-electron chi connectivity index (χ2n) is 3.55. The van der Waals surface area contributed by atoms with Gasteiger partial charge in [0.15, 0.2) is 0 Å². The second kappa shape index (κ2) is 4.61. The molecule has 70 valence electrons. The summed E-state index contributed by atoms with van der Waals surface area (Å²) in [5, 5.41) is 0.944. The Morgan fingerprint density at radius 3 is 2.23 bits per heavy atom. The Hall–Kier alpha value is -0.560. The number of allylic oxidation sites excluding steroid dienone is 1. The average molecular weight is 239 g/mol. The number of hydrogen-bond donors (Lipinski definition) is 0. The van der Waals surface area contributed by atoms with Crippen LogP contribution in [-0.4, -0.2) is 5.33 Å². The highest BCUT2D eigenvalue weighted by molar-refractivity contribution is 9.09. The van der Waals surface area contributed by atoms with Gasteiger partial charge in [-0.25, -0.2) is 0 Å². The van der Waals surface area contributed by atoms with Crippen LogP contribution in [0.25, 0.3) is 6.08 Å². The van der Waals surface area contributed by atoms with Crippen LogP contribution in [0.4, 0.5) is 0 Å². The Bertz CT molecular complexity index is 304. The summed E-state index contributed by atoms with van der Waals surface area (Å²) in [7, 11) is 0. The minimum Gasteiger partial charge on any atom is -0.0880 e. The predicted octanol–water partition coefficient (Wildman–Crippen LogP) is 4.10. The Kier molecular flexibility index (Phi) is 3.73. The van der Waals surface area contributed by atoms with E-state index in [1.54, 1.807) is 0 Å². The Balaban J connectivity index is 3.02. The van der Waals surface area contributed by atoms with Gasteiger partial charge in [-0.2, -0.15) is 0 Å². The first-order valence-electron chi connectivity index (χ1n) is 4.43. The van der Waals surface area contributed by atoms with E-state index < -0.39 is 0 Å². The number of alkyl halides is 1. The van der Waals surface area contributed by atoms with Crippen LogP contribution in [0, 0.1) is 13.8 Å². The molecule has 0 aromatic heterocycles. The molecule has 0 bridgehead atoms. The average Bonchev–Trinajstić information content (AvgIpc) is 2.02. The maximum absolute atomic E-state index is 3.44. The molecule has 0 saturated heterocycles. The molecule has 13 heavy (non-hydrogen) atoms. The topological polar surface area (TPSA) is 0 Å². The molecular weight excluding hydrogens is 224 g/mol. The van der Waals surface area contributed by atoms with E-state index in [0.29, 0.717) is 0 Å². The van der Waals surface area contributed by atoms with Crippen LogP contribution in [-0.2, 0) is 0 Å². The van der Waals surface area contributed by atoms with Crippen LogP contribution in [0.2, 0.25) is 0 Å². The smallest absolute Gasteiger partial charge is 0.0242 e. The Labute approximate surface area is 88.8 Å². The fourth-order valence-electron chi connectivity index (χ4n) is 1.42. The standard InChI is InChI=1S/C12H15Br/c1-9-4-10(2)6-12(5-9)7-11(3)8-13/h4-7H,8H2,1-3H3/b11-7-. The summed E-state index contributed by atoms with van der Waals surface area (Å²) >= 11 is 3.44. The van der Waals surface area contributed by atoms with E-state index in [2.05, 4.69) is 61.0 Å². The maximum Gasteiger partial charge on any atom is 0.0242 e. The van der Waals surface area contributed by atoms with Gasteiger partial charge in [-0.1, -0.05) is 56.9 Å². The van der Waals surface area contributed by atoms with E-state index in [1.807, 2.05) is 0 Å². The number of aryl methyl sites for hydroxylation is 2. The van der Waals surface area contributed by atoms with E-state index in [1.165, 1.54) is 22.3 Å². The van der Waals surface area contributed by atoms with Crippen LogP contribution < -0.4 is 0 Å². The molecule has 0 unspecified atom stereocenters. The third kappa shape index (κ3) is 3.35. The first-order valence-corrected chi connectivity index (χ1v) is 5.55. The van der Waals surface area contributed by atoms with Gasteiger partial charge in [0.2, 0.25) is 0 Å². The zero-order valence-electron chi connectivity index (χ0n) is 8.39. The molecule has 0 nitrogen and oxygen atoms in total. The molecule has 0 saturated carbocycles. The summed E-state index contributed by atoms with van der Waals surface area (Å²) in [6.45, 7) is 6.40. The van der Waals surface area contributed by atoms with Crippen molar-refractivity contribution >= 4 is 22.0 Å². The molecule has 1 aromatic rings. The zero-order chi connectivity index (χ0) is 9.84. The lowest BCUT2D eigenvalue weighted by Gasteiger charge is -2.01. The molecule has 0 radical (unpaired) electrons. The molecule has 1 heteroatoms. The van der Waals surface area contributed by atoms with Crippen molar-refractivity contribution in [3.63, 3.8) is 0 Å². The highest BCUT2D eigenvalue weighted by Gasteiger charge is 1.93. The minimum absolute atomic E-state index is 0.944. The normalized spacial score (nSPS) is 11.8. The largest absolute Gasteiger partial charge is 0.0880 e. The third-order valence-corrected chi connectivity index (χ3v) is 2.75. The highest BCUT2D eigenvalue weighted by Crippen LogP contribution is 2.13. The Morgan fingerprint density at radius 2 is 1.77 bits per heavy atom. The lowest BCUT2D eigenvalue weighted by molar-refractivity contribution is 1.36. The molecule has 0 atom stereocenters. The van der Waals surface area contributed by atoms with Crippen molar-refractivity contribution in [3.8, 4) is 0 Å². The van der Waals surface area contributed by atoms with Gasteiger partial charge in [0.1, 0.15) is 0 Å². The molecule has 0 aliphatic carbocycles. The fourth-order valence-corrected chi connectivity index (χ4v) is 1.58. The van der Waals surface area contributed by atoms with E-state index >= 15 is 0 Å². The molecule has 0 amide bonds. The van der Waals surface area contributed by atoms with Crippen molar-refractivity contribution < 1.29 is 0 Å². The van der Waals surface area contributed by atoms with Gasteiger partial charge < -0.3 is 0 Å². The fraction of sp³-hybridized carbons (Fsp3) is 0.333. The van der Waals surface area contributed by atoms with Gasteiger partial charge in [-0.3, -0.25) is 0 Å². The van der Waals surface area contributed by atoms with E-state index in [9.17, 15) is 0 Å². The van der Waals surface area contributed by atoms with Crippen LogP contribution in [0.5, 0.6) is 0 Å². The van der Waals surface area contributed by atoms with Crippen molar-refractivity contribution in [1.29, 1.82) is 0 Å². The molecule has 1 rings (SSSR count). The minimum atomic E-state index is 0.944. The molecule has 0 fully saturated rings. The van der Waals surface area contributed by atoms with Gasteiger partial charge in [0, 0.05) is 5.33 Å². The van der Waals surface area contributed by atoms with Gasteiger partial charge in [0.25, 0.3) is 0 Å². The number of rotatable bonds is 2.